The van der Waals surface area contributed by atoms with Crippen molar-refractivity contribution in [2.75, 3.05) is 11.3 Å². The molecule has 0 unspecified atom stereocenters. The Hall–Kier alpha value is -3.21. The summed E-state index contributed by atoms with van der Waals surface area (Å²) in [4.78, 5) is 14.8. The van der Waals surface area contributed by atoms with Gasteiger partial charge in [0.15, 0.2) is 0 Å². The summed E-state index contributed by atoms with van der Waals surface area (Å²) in [6.07, 6.45) is -4.07. The zero-order valence-corrected chi connectivity index (χ0v) is 16.5. The van der Waals surface area contributed by atoms with Crippen LogP contribution in [0.25, 0.3) is 10.9 Å². The maximum Gasteiger partial charge on any atom is 0.573 e. The number of anilines is 1. The third kappa shape index (κ3) is 5.23. The molecule has 160 valence electrons. The number of carbonyl (C=O) groups is 1. The second-order valence-electron chi connectivity index (χ2n) is 6.37. The predicted octanol–water partition coefficient (Wildman–Crippen LogP) is 4.01. The van der Waals surface area contributed by atoms with Crippen molar-refractivity contribution >= 4 is 32.5 Å². The summed E-state index contributed by atoms with van der Waals surface area (Å²) in [6, 6.07) is 10.1. The number of aromatic amines is 1. The zero-order chi connectivity index (χ0) is 21.9. The van der Waals surface area contributed by atoms with Crippen LogP contribution >= 0.6 is 0 Å². The van der Waals surface area contributed by atoms with Crippen molar-refractivity contribution in [3.63, 3.8) is 0 Å². The Balaban J connectivity index is 1.78. The summed E-state index contributed by atoms with van der Waals surface area (Å²) < 4.78 is 67.8. The SMILES string of the molecule is CCCNC(=O)c1cc2cc(NS(=O)(=O)c3ccc(OC(F)(F)F)cc3)ccc2[nH]1. The largest absolute Gasteiger partial charge is 0.573 e. The highest BCUT2D eigenvalue weighted by molar-refractivity contribution is 7.92. The molecule has 30 heavy (non-hydrogen) atoms. The molecule has 1 aromatic heterocycles. The minimum atomic E-state index is -4.86. The molecule has 0 spiro atoms. The standard InChI is InChI=1S/C19H18F3N3O4S/c1-2-9-23-18(26)17-11-12-10-13(3-8-16(12)24-17)25-30(27,28)15-6-4-14(5-7-15)29-19(20,21)22/h3-8,10-11,24-25H,2,9H2,1H3,(H,23,26). The van der Waals surface area contributed by atoms with Gasteiger partial charge in [-0.1, -0.05) is 6.92 Å². The number of ether oxygens (including phenoxy) is 1. The Morgan fingerprint density at radius 2 is 1.80 bits per heavy atom. The van der Waals surface area contributed by atoms with Crippen LogP contribution in [0.15, 0.2) is 53.4 Å². The smallest absolute Gasteiger partial charge is 0.406 e. The highest BCUT2D eigenvalue weighted by atomic mass is 32.2. The number of hydrogen-bond acceptors (Lipinski definition) is 4. The van der Waals surface area contributed by atoms with Crippen molar-refractivity contribution in [2.24, 2.45) is 0 Å². The Morgan fingerprint density at radius 1 is 1.10 bits per heavy atom. The van der Waals surface area contributed by atoms with Crippen LogP contribution in [0.1, 0.15) is 23.8 Å². The van der Waals surface area contributed by atoms with Crippen molar-refractivity contribution in [2.45, 2.75) is 24.6 Å². The Morgan fingerprint density at radius 3 is 2.43 bits per heavy atom. The number of nitrogens with one attached hydrogen (secondary N) is 3. The maximum atomic E-state index is 12.5. The van der Waals surface area contributed by atoms with E-state index >= 15 is 0 Å². The lowest BCUT2D eigenvalue weighted by Crippen LogP contribution is -2.24. The van der Waals surface area contributed by atoms with Crippen molar-refractivity contribution < 1.29 is 31.1 Å². The van der Waals surface area contributed by atoms with Gasteiger partial charge in [-0.05, 0) is 55.0 Å². The molecule has 0 radical (unpaired) electrons. The minimum absolute atomic E-state index is 0.231. The van der Waals surface area contributed by atoms with Crippen LogP contribution in [0.2, 0.25) is 0 Å². The first kappa shape index (κ1) is 21.5. The van der Waals surface area contributed by atoms with Crippen LogP contribution in [-0.2, 0) is 10.0 Å². The normalized spacial score (nSPS) is 12.0. The lowest BCUT2D eigenvalue weighted by Gasteiger charge is -2.11. The van der Waals surface area contributed by atoms with Gasteiger partial charge in [-0.25, -0.2) is 8.42 Å². The van der Waals surface area contributed by atoms with Crippen LogP contribution in [0, 0.1) is 0 Å². The van der Waals surface area contributed by atoms with E-state index in [0.717, 1.165) is 30.7 Å². The number of halogens is 3. The van der Waals surface area contributed by atoms with E-state index in [-0.39, 0.29) is 16.5 Å². The molecule has 11 heteroatoms. The number of rotatable bonds is 7. The first-order chi connectivity index (χ1) is 14.1. The van der Waals surface area contributed by atoms with E-state index in [4.69, 9.17) is 0 Å². The number of alkyl halides is 3. The third-order valence-corrected chi connectivity index (χ3v) is 5.42. The van der Waals surface area contributed by atoms with E-state index in [1.54, 1.807) is 18.2 Å². The van der Waals surface area contributed by atoms with Gasteiger partial charge in [0, 0.05) is 23.1 Å². The van der Waals surface area contributed by atoms with Gasteiger partial charge in [-0.15, -0.1) is 13.2 Å². The van der Waals surface area contributed by atoms with E-state index in [9.17, 15) is 26.4 Å². The van der Waals surface area contributed by atoms with Gasteiger partial charge in [0.1, 0.15) is 11.4 Å². The molecule has 1 heterocycles. The minimum Gasteiger partial charge on any atom is -0.406 e. The van der Waals surface area contributed by atoms with Crippen LogP contribution in [0.4, 0.5) is 18.9 Å². The topological polar surface area (TPSA) is 100 Å². The molecule has 3 N–H and O–H groups in total. The van der Waals surface area contributed by atoms with Crippen molar-refractivity contribution in [1.82, 2.24) is 10.3 Å². The van der Waals surface area contributed by atoms with E-state index in [1.165, 1.54) is 6.07 Å². The molecular formula is C19H18F3N3O4S. The van der Waals surface area contributed by atoms with Gasteiger partial charge in [0.25, 0.3) is 15.9 Å². The zero-order valence-electron chi connectivity index (χ0n) is 15.7. The molecule has 7 nitrogen and oxygen atoms in total. The molecule has 0 atom stereocenters. The fourth-order valence-electron chi connectivity index (χ4n) is 2.69. The quantitative estimate of drug-likeness (QED) is 0.516. The van der Waals surface area contributed by atoms with Crippen LogP contribution in [0.5, 0.6) is 5.75 Å². The first-order valence-corrected chi connectivity index (χ1v) is 10.4. The van der Waals surface area contributed by atoms with Crippen molar-refractivity contribution in [3.05, 3.63) is 54.2 Å². The molecule has 0 saturated heterocycles. The fourth-order valence-corrected chi connectivity index (χ4v) is 3.74. The number of hydrogen-bond donors (Lipinski definition) is 3. The lowest BCUT2D eigenvalue weighted by molar-refractivity contribution is -0.274. The monoisotopic (exact) mass is 441 g/mol. The molecule has 0 aliphatic rings. The third-order valence-electron chi connectivity index (χ3n) is 4.02. The Bertz CT molecular complexity index is 1160. The summed E-state index contributed by atoms with van der Waals surface area (Å²) in [5.41, 5.74) is 1.23. The molecule has 0 fully saturated rings. The number of aromatic nitrogens is 1. The molecule has 0 aliphatic heterocycles. The van der Waals surface area contributed by atoms with Crippen molar-refractivity contribution in [3.8, 4) is 5.75 Å². The van der Waals surface area contributed by atoms with E-state index in [2.05, 4.69) is 19.8 Å². The average molecular weight is 441 g/mol. The summed E-state index contributed by atoms with van der Waals surface area (Å²) in [7, 11) is -4.04. The number of benzene rings is 2. The summed E-state index contributed by atoms with van der Waals surface area (Å²) >= 11 is 0. The molecule has 1 amide bonds. The molecule has 2 aromatic carbocycles. The number of fused-ring (bicyclic) bond motifs is 1. The van der Waals surface area contributed by atoms with Crippen LogP contribution < -0.4 is 14.8 Å². The number of carbonyl (C=O) groups excluding carboxylic acids is 1. The van der Waals surface area contributed by atoms with Gasteiger partial charge < -0.3 is 15.0 Å². The Kier molecular flexibility index (Phi) is 5.92. The van der Waals surface area contributed by atoms with Gasteiger partial charge in [-0.2, -0.15) is 0 Å². The second kappa shape index (κ2) is 8.27. The van der Waals surface area contributed by atoms with Crippen LogP contribution in [-0.4, -0.2) is 32.2 Å². The van der Waals surface area contributed by atoms with Crippen LogP contribution in [0.3, 0.4) is 0 Å². The van der Waals surface area contributed by atoms with E-state index < -0.39 is 22.1 Å². The van der Waals surface area contributed by atoms with Gasteiger partial charge in [-0.3, -0.25) is 9.52 Å². The number of amides is 1. The van der Waals surface area contributed by atoms with E-state index in [1.807, 2.05) is 6.92 Å². The van der Waals surface area contributed by atoms with Gasteiger partial charge >= 0.3 is 6.36 Å². The lowest BCUT2D eigenvalue weighted by atomic mass is 10.2. The Labute approximate surface area is 170 Å². The molecule has 0 aliphatic carbocycles. The van der Waals surface area contributed by atoms with Crippen molar-refractivity contribution in [1.29, 1.82) is 0 Å². The van der Waals surface area contributed by atoms with Gasteiger partial charge in [0.05, 0.1) is 4.90 Å². The maximum absolute atomic E-state index is 12.5. The predicted molar refractivity (Wildman–Crippen MR) is 105 cm³/mol. The highest BCUT2D eigenvalue weighted by Crippen LogP contribution is 2.26. The molecule has 3 rings (SSSR count). The highest BCUT2D eigenvalue weighted by Gasteiger charge is 2.31. The first-order valence-electron chi connectivity index (χ1n) is 8.87. The van der Waals surface area contributed by atoms with E-state index in [0.29, 0.717) is 23.1 Å². The summed E-state index contributed by atoms with van der Waals surface area (Å²) in [6.45, 7) is 2.47. The second-order valence-corrected chi connectivity index (χ2v) is 8.05. The molecule has 0 bridgehead atoms. The van der Waals surface area contributed by atoms with Gasteiger partial charge in [0.2, 0.25) is 0 Å². The average Bonchev–Trinajstić information content (AvgIpc) is 3.08. The summed E-state index contributed by atoms with van der Waals surface area (Å²) in [5.74, 6) is -0.791. The molecule has 3 aromatic rings. The number of H-pyrrole nitrogens is 1. The molecular weight excluding hydrogens is 423 g/mol. The fraction of sp³-hybridized carbons (Fsp3) is 0.211. The number of sulfonamides is 1. The summed E-state index contributed by atoms with van der Waals surface area (Å²) in [5, 5.41) is 3.36. The molecule has 0 saturated carbocycles.